The molecule has 0 fully saturated rings. The number of likely N-dealkylation sites (N-methyl/N-ethyl adjacent to an activating group) is 1. The number of hydrogen-bond donors (Lipinski definition) is 1. The Bertz CT molecular complexity index is 351. The Morgan fingerprint density at radius 1 is 1.47 bits per heavy atom. The number of fused-ring (bicyclic) bond motifs is 1. The molecule has 2 N–H and O–H groups in total. The molecule has 1 aromatic rings. The highest BCUT2D eigenvalue weighted by molar-refractivity contribution is 5.66. The average molecular weight is 206 g/mol. The minimum atomic E-state index is 0.307. The van der Waals surface area contributed by atoms with Gasteiger partial charge in [0.25, 0.3) is 0 Å². The van der Waals surface area contributed by atoms with E-state index in [2.05, 4.69) is 18.7 Å². The van der Waals surface area contributed by atoms with Crippen LogP contribution in [0.3, 0.4) is 0 Å². The molecule has 0 saturated heterocycles. The fourth-order valence-electron chi connectivity index (χ4n) is 1.95. The second-order valence-electron chi connectivity index (χ2n) is 3.91. The van der Waals surface area contributed by atoms with Crippen LogP contribution in [-0.2, 0) is 0 Å². The number of nitrogen functional groups attached to an aromatic ring is 1. The smallest absolute Gasteiger partial charge is 0.143 e. The highest BCUT2D eigenvalue weighted by Crippen LogP contribution is 2.35. The van der Waals surface area contributed by atoms with Crippen molar-refractivity contribution in [2.45, 2.75) is 26.4 Å². The van der Waals surface area contributed by atoms with Crippen LogP contribution in [0.5, 0.6) is 5.75 Å². The van der Waals surface area contributed by atoms with E-state index in [9.17, 15) is 0 Å². The normalized spacial score (nSPS) is 19.6. The maximum Gasteiger partial charge on any atom is 0.143 e. The monoisotopic (exact) mass is 206 g/mol. The van der Waals surface area contributed by atoms with Gasteiger partial charge in [0.15, 0.2) is 0 Å². The van der Waals surface area contributed by atoms with Gasteiger partial charge in [-0.2, -0.15) is 0 Å². The summed E-state index contributed by atoms with van der Waals surface area (Å²) in [5.41, 5.74) is 7.71. The van der Waals surface area contributed by atoms with Gasteiger partial charge in [0, 0.05) is 12.2 Å². The van der Waals surface area contributed by atoms with Crippen molar-refractivity contribution in [3.63, 3.8) is 0 Å². The number of nitrogens with two attached hydrogens (primary N) is 1. The van der Waals surface area contributed by atoms with Crippen LogP contribution >= 0.6 is 0 Å². The van der Waals surface area contributed by atoms with Gasteiger partial charge in [-0.15, -0.1) is 0 Å². The Balaban J connectivity index is 2.35. The fourth-order valence-corrected chi connectivity index (χ4v) is 1.95. The third kappa shape index (κ3) is 1.87. The van der Waals surface area contributed by atoms with Gasteiger partial charge in [-0.1, -0.05) is 6.92 Å². The first-order valence-electron chi connectivity index (χ1n) is 5.55. The van der Waals surface area contributed by atoms with Crippen LogP contribution < -0.4 is 15.4 Å². The van der Waals surface area contributed by atoms with E-state index < -0.39 is 0 Å². The Morgan fingerprint density at radius 3 is 2.93 bits per heavy atom. The lowest BCUT2D eigenvalue weighted by molar-refractivity contribution is 0.190. The van der Waals surface area contributed by atoms with Crippen LogP contribution in [-0.4, -0.2) is 19.2 Å². The summed E-state index contributed by atoms with van der Waals surface area (Å²) in [5.74, 6) is 0.962. The highest BCUT2D eigenvalue weighted by Gasteiger charge is 2.23. The minimum Gasteiger partial charge on any atom is -0.486 e. The first-order chi connectivity index (χ1) is 7.24. The molecular formula is C12H18N2O. The molecule has 2 rings (SSSR count). The summed E-state index contributed by atoms with van der Waals surface area (Å²) in [6.45, 7) is 6.27. The Labute approximate surface area is 90.8 Å². The standard InChI is InChI=1S/C12H18N2O/c1-3-10-8-14(4-2)11-7-9(13)5-6-12(11)15-10/h5-7,10H,3-4,8,13H2,1-2H3. The third-order valence-corrected chi connectivity index (χ3v) is 2.88. The van der Waals surface area contributed by atoms with E-state index in [1.54, 1.807) is 0 Å². The van der Waals surface area contributed by atoms with Crippen molar-refractivity contribution in [1.29, 1.82) is 0 Å². The van der Waals surface area contributed by atoms with Gasteiger partial charge in [0.2, 0.25) is 0 Å². The molecule has 3 heteroatoms. The van der Waals surface area contributed by atoms with Gasteiger partial charge >= 0.3 is 0 Å². The molecule has 3 nitrogen and oxygen atoms in total. The molecule has 0 spiro atoms. The first-order valence-corrected chi connectivity index (χ1v) is 5.55. The lowest BCUT2D eigenvalue weighted by atomic mass is 10.1. The van der Waals surface area contributed by atoms with Gasteiger partial charge < -0.3 is 15.4 Å². The minimum absolute atomic E-state index is 0.307. The zero-order chi connectivity index (χ0) is 10.8. The van der Waals surface area contributed by atoms with Crippen molar-refractivity contribution in [2.24, 2.45) is 0 Å². The van der Waals surface area contributed by atoms with Crippen LogP contribution in [0.1, 0.15) is 20.3 Å². The average Bonchev–Trinajstić information content (AvgIpc) is 2.27. The second-order valence-corrected chi connectivity index (χ2v) is 3.91. The summed E-state index contributed by atoms with van der Waals surface area (Å²) >= 11 is 0. The fraction of sp³-hybridized carbons (Fsp3) is 0.500. The van der Waals surface area contributed by atoms with E-state index >= 15 is 0 Å². The molecule has 0 aliphatic carbocycles. The SMILES string of the molecule is CCC1CN(CC)c2cc(N)ccc2O1. The molecular weight excluding hydrogens is 188 g/mol. The molecule has 1 heterocycles. The van der Waals surface area contributed by atoms with Gasteiger partial charge in [0.1, 0.15) is 11.9 Å². The summed E-state index contributed by atoms with van der Waals surface area (Å²) < 4.78 is 5.87. The van der Waals surface area contributed by atoms with Crippen molar-refractivity contribution >= 4 is 11.4 Å². The summed E-state index contributed by atoms with van der Waals surface area (Å²) in [7, 11) is 0. The lowest BCUT2D eigenvalue weighted by Gasteiger charge is -2.35. The molecule has 0 aromatic heterocycles. The summed E-state index contributed by atoms with van der Waals surface area (Å²) in [6.07, 6.45) is 1.35. The zero-order valence-corrected chi connectivity index (χ0v) is 9.36. The Hall–Kier alpha value is -1.38. The van der Waals surface area contributed by atoms with Crippen LogP contribution in [0, 0.1) is 0 Å². The number of hydrogen-bond acceptors (Lipinski definition) is 3. The first kappa shape index (κ1) is 10.1. The molecule has 0 radical (unpaired) electrons. The zero-order valence-electron chi connectivity index (χ0n) is 9.36. The summed E-state index contributed by atoms with van der Waals surface area (Å²) in [4.78, 5) is 2.32. The number of rotatable bonds is 2. The topological polar surface area (TPSA) is 38.5 Å². The highest BCUT2D eigenvalue weighted by atomic mass is 16.5. The number of anilines is 2. The predicted octanol–water partition coefficient (Wildman–Crippen LogP) is 2.27. The van der Waals surface area contributed by atoms with Crippen LogP contribution in [0.2, 0.25) is 0 Å². The van der Waals surface area contributed by atoms with E-state index in [4.69, 9.17) is 10.5 Å². The molecule has 15 heavy (non-hydrogen) atoms. The van der Waals surface area contributed by atoms with Crippen LogP contribution in [0.4, 0.5) is 11.4 Å². The van der Waals surface area contributed by atoms with Crippen LogP contribution in [0.15, 0.2) is 18.2 Å². The molecule has 1 aromatic carbocycles. The van der Waals surface area contributed by atoms with Crippen molar-refractivity contribution in [1.82, 2.24) is 0 Å². The van der Waals surface area contributed by atoms with Crippen molar-refractivity contribution in [3.05, 3.63) is 18.2 Å². The largest absolute Gasteiger partial charge is 0.486 e. The molecule has 1 unspecified atom stereocenters. The molecule has 0 bridgehead atoms. The molecule has 0 amide bonds. The van der Waals surface area contributed by atoms with Crippen molar-refractivity contribution < 1.29 is 4.74 Å². The summed E-state index contributed by atoms with van der Waals surface area (Å²) in [5, 5.41) is 0. The van der Waals surface area contributed by atoms with Gasteiger partial charge in [-0.3, -0.25) is 0 Å². The van der Waals surface area contributed by atoms with E-state index in [1.807, 2.05) is 18.2 Å². The van der Waals surface area contributed by atoms with Crippen molar-refractivity contribution in [3.8, 4) is 5.75 Å². The third-order valence-electron chi connectivity index (χ3n) is 2.88. The van der Waals surface area contributed by atoms with Crippen molar-refractivity contribution in [2.75, 3.05) is 23.7 Å². The molecule has 82 valence electrons. The Morgan fingerprint density at radius 2 is 2.27 bits per heavy atom. The van der Waals surface area contributed by atoms with E-state index in [-0.39, 0.29) is 0 Å². The maximum atomic E-state index is 5.87. The number of nitrogens with zero attached hydrogens (tertiary/aromatic N) is 1. The summed E-state index contributed by atoms with van der Waals surface area (Å²) in [6, 6.07) is 5.85. The van der Waals surface area contributed by atoms with Crippen LogP contribution in [0.25, 0.3) is 0 Å². The number of benzene rings is 1. The van der Waals surface area contributed by atoms with Gasteiger partial charge in [-0.25, -0.2) is 0 Å². The van der Waals surface area contributed by atoms with Gasteiger partial charge in [0.05, 0.1) is 12.2 Å². The lowest BCUT2D eigenvalue weighted by Crippen LogP contribution is -2.39. The Kier molecular flexibility index (Phi) is 2.71. The molecule has 1 aliphatic rings. The predicted molar refractivity (Wildman–Crippen MR) is 63.4 cm³/mol. The molecule has 0 saturated carbocycles. The number of ether oxygens (including phenoxy) is 1. The van der Waals surface area contributed by atoms with E-state index in [0.717, 1.165) is 36.6 Å². The molecule has 1 aliphatic heterocycles. The van der Waals surface area contributed by atoms with E-state index in [1.165, 1.54) is 0 Å². The quantitative estimate of drug-likeness (QED) is 0.754. The molecule has 1 atom stereocenters. The van der Waals surface area contributed by atoms with Gasteiger partial charge in [-0.05, 0) is 31.5 Å². The second kappa shape index (κ2) is 4.01. The van der Waals surface area contributed by atoms with E-state index in [0.29, 0.717) is 6.10 Å². The maximum absolute atomic E-state index is 5.87.